The second-order valence-corrected chi connectivity index (χ2v) is 9.10. The molecule has 7 nitrogen and oxygen atoms in total. The number of carbonyl (C=O) groups is 1. The van der Waals surface area contributed by atoms with E-state index in [2.05, 4.69) is 5.32 Å². The van der Waals surface area contributed by atoms with Crippen LogP contribution in [0.4, 0.5) is 0 Å². The summed E-state index contributed by atoms with van der Waals surface area (Å²) in [6.07, 6.45) is 1.52. The molecule has 2 aromatic rings. The van der Waals surface area contributed by atoms with Crippen molar-refractivity contribution in [3.63, 3.8) is 0 Å². The fraction of sp³-hybridized carbons (Fsp3) is 0.409. The first-order valence-electron chi connectivity index (χ1n) is 10.0. The molecule has 1 aliphatic rings. The lowest BCUT2D eigenvalue weighted by Crippen LogP contribution is -2.40. The fourth-order valence-corrected chi connectivity index (χ4v) is 4.86. The third kappa shape index (κ3) is 5.19. The van der Waals surface area contributed by atoms with Gasteiger partial charge >= 0.3 is 0 Å². The first kappa shape index (κ1) is 22.3. The summed E-state index contributed by atoms with van der Waals surface area (Å²) >= 11 is 0. The summed E-state index contributed by atoms with van der Waals surface area (Å²) in [5.74, 6) is 0.562. The lowest BCUT2D eigenvalue weighted by Gasteiger charge is -2.26. The van der Waals surface area contributed by atoms with Crippen LogP contribution in [0.3, 0.4) is 0 Å². The number of hydrogen-bond donors (Lipinski definition) is 1. The Morgan fingerprint density at radius 1 is 1.17 bits per heavy atom. The van der Waals surface area contributed by atoms with E-state index in [1.807, 2.05) is 24.3 Å². The van der Waals surface area contributed by atoms with Crippen molar-refractivity contribution in [3.8, 4) is 5.75 Å². The Balaban J connectivity index is 1.63. The molecular formula is C22H28N2O5S. The Morgan fingerprint density at radius 3 is 2.63 bits per heavy atom. The predicted molar refractivity (Wildman–Crippen MR) is 114 cm³/mol. The minimum Gasteiger partial charge on any atom is -0.496 e. The molecule has 3 rings (SSSR count). The molecule has 0 spiro atoms. The summed E-state index contributed by atoms with van der Waals surface area (Å²) < 4.78 is 37.7. The quantitative estimate of drug-likeness (QED) is 0.648. The number of hydrogen-bond acceptors (Lipinski definition) is 5. The standard InChI is InChI=1S/C22H28N2O5S/c1-17-9-10-19(30(26,27)24-12-14-29-15-13-24)16-20(17)22(25)23-11-5-7-18-6-3-4-8-21(18)28-2/h3-4,6,8-10,16H,5,7,11-15H2,1-2H3,(H,23,25). The molecule has 1 fully saturated rings. The van der Waals surface area contributed by atoms with E-state index in [0.29, 0.717) is 38.4 Å². The van der Waals surface area contributed by atoms with Crippen molar-refractivity contribution in [2.45, 2.75) is 24.7 Å². The van der Waals surface area contributed by atoms with Crippen LogP contribution in [0.5, 0.6) is 5.75 Å². The predicted octanol–water partition coefficient (Wildman–Crippen LogP) is 2.39. The lowest BCUT2D eigenvalue weighted by atomic mass is 10.1. The molecule has 0 radical (unpaired) electrons. The number of para-hydroxylation sites is 1. The molecule has 1 amide bonds. The van der Waals surface area contributed by atoms with E-state index in [0.717, 1.165) is 29.7 Å². The zero-order valence-corrected chi connectivity index (χ0v) is 18.2. The Hall–Kier alpha value is -2.42. The van der Waals surface area contributed by atoms with Crippen LogP contribution in [-0.2, 0) is 21.2 Å². The van der Waals surface area contributed by atoms with Crippen LogP contribution in [0.2, 0.25) is 0 Å². The molecule has 0 aromatic heterocycles. The smallest absolute Gasteiger partial charge is 0.251 e. The average Bonchev–Trinajstić information content (AvgIpc) is 2.77. The van der Waals surface area contributed by atoms with Crippen LogP contribution < -0.4 is 10.1 Å². The maximum Gasteiger partial charge on any atom is 0.251 e. The second kappa shape index (κ2) is 10.1. The molecule has 1 aliphatic heterocycles. The van der Waals surface area contributed by atoms with E-state index in [4.69, 9.17) is 9.47 Å². The van der Waals surface area contributed by atoms with Gasteiger partial charge < -0.3 is 14.8 Å². The normalized spacial score (nSPS) is 15.0. The van der Waals surface area contributed by atoms with Crippen molar-refractivity contribution >= 4 is 15.9 Å². The third-order valence-electron chi connectivity index (χ3n) is 5.16. The monoisotopic (exact) mass is 432 g/mol. The molecule has 1 N–H and O–H groups in total. The molecule has 1 saturated heterocycles. The van der Waals surface area contributed by atoms with E-state index in [1.54, 1.807) is 26.2 Å². The highest BCUT2D eigenvalue weighted by Gasteiger charge is 2.27. The van der Waals surface area contributed by atoms with Gasteiger partial charge in [0.05, 0.1) is 25.2 Å². The Bertz CT molecular complexity index is 985. The molecule has 0 bridgehead atoms. The number of aryl methyl sites for hydroxylation is 2. The summed E-state index contributed by atoms with van der Waals surface area (Å²) in [6, 6.07) is 12.5. The fourth-order valence-electron chi connectivity index (χ4n) is 3.43. The molecule has 0 atom stereocenters. The van der Waals surface area contributed by atoms with Gasteiger partial charge in [0.1, 0.15) is 5.75 Å². The molecule has 162 valence electrons. The second-order valence-electron chi connectivity index (χ2n) is 7.16. The van der Waals surface area contributed by atoms with Gasteiger partial charge in [-0.3, -0.25) is 4.79 Å². The van der Waals surface area contributed by atoms with Gasteiger partial charge in [-0.05, 0) is 49.1 Å². The Kier molecular flexibility index (Phi) is 7.47. The first-order chi connectivity index (χ1) is 14.4. The van der Waals surface area contributed by atoms with Crippen molar-refractivity contribution in [3.05, 3.63) is 59.2 Å². The van der Waals surface area contributed by atoms with Crippen LogP contribution in [0.1, 0.15) is 27.9 Å². The largest absolute Gasteiger partial charge is 0.496 e. The number of amides is 1. The molecule has 30 heavy (non-hydrogen) atoms. The number of ether oxygens (including phenoxy) is 2. The van der Waals surface area contributed by atoms with Crippen LogP contribution in [0, 0.1) is 6.92 Å². The maximum absolute atomic E-state index is 12.9. The van der Waals surface area contributed by atoms with Crippen molar-refractivity contribution in [2.75, 3.05) is 40.0 Å². The number of sulfonamides is 1. The molecular weight excluding hydrogens is 404 g/mol. The number of benzene rings is 2. The Labute approximate surface area is 178 Å². The molecule has 1 heterocycles. The number of carbonyl (C=O) groups excluding carboxylic acids is 1. The maximum atomic E-state index is 12.9. The summed E-state index contributed by atoms with van der Waals surface area (Å²) in [6.45, 7) is 3.68. The highest BCUT2D eigenvalue weighted by molar-refractivity contribution is 7.89. The van der Waals surface area contributed by atoms with Gasteiger partial charge in [-0.25, -0.2) is 8.42 Å². The lowest BCUT2D eigenvalue weighted by molar-refractivity contribution is 0.0730. The van der Waals surface area contributed by atoms with E-state index in [-0.39, 0.29) is 10.8 Å². The SMILES string of the molecule is COc1ccccc1CCCNC(=O)c1cc(S(=O)(=O)N2CCOCC2)ccc1C. The van der Waals surface area contributed by atoms with Crippen molar-refractivity contribution in [1.29, 1.82) is 0 Å². The van der Waals surface area contributed by atoms with Crippen LogP contribution in [0.25, 0.3) is 0 Å². The van der Waals surface area contributed by atoms with E-state index in [9.17, 15) is 13.2 Å². The Morgan fingerprint density at radius 2 is 1.90 bits per heavy atom. The summed E-state index contributed by atoms with van der Waals surface area (Å²) in [7, 11) is -2.00. The summed E-state index contributed by atoms with van der Waals surface area (Å²) in [4.78, 5) is 12.8. The number of methoxy groups -OCH3 is 1. The minimum atomic E-state index is -3.64. The van der Waals surface area contributed by atoms with Gasteiger partial charge in [0.25, 0.3) is 5.91 Å². The van der Waals surface area contributed by atoms with Crippen molar-refractivity contribution in [1.82, 2.24) is 9.62 Å². The molecule has 2 aromatic carbocycles. The zero-order chi connectivity index (χ0) is 21.6. The summed E-state index contributed by atoms with van der Waals surface area (Å²) in [5.41, 5.74) is 2.20. The van der Waals surface area contributed by atoms with Gasteiger partial charge in [-0.1, -0.05) is 24.3 Å². The third-order valence-corrected chi connectivity index (χ3v) is 7.06. The van der Waals surface area contributed by atoms with Gasteiger partial charge in [0.2, 0.25) is 10.0 Å². The van der Waals surface area contributed by atoms with Crippen LogP contribution >= 0.6 is 0 Å². The number of nitrogens with one attached hydrogen (secondary N) is 1. The van der Waals surface area contributed by atoms with Gasteiger partial charge in [-0.2, -0.15) is 4.31 Å². The number of nitrogens with zero attached hydrogens (tertiary/aromatic N) is 1. The average molecular weight is 433 g/mol. The number of morpholine rings is 1. The van der Waals surface area contributed by atoms with E-state index in [1.165, 1.54) is 10.4 Å². The van der Waals surface area contributed by atoms with Gasteiger partial charge in [-0.15, -0.1) is 0 Å². The highest BCUT2D eigenvalue weighted by Crippen LogP contribution is 2.21. The molecule has 0 unspecified atom stereocenters. The highest BCUT2D eigenvalue weighted by atomic mass is 32.2. The van der Waals surface area contributed by atoms with E-state index >= 15 is 0 Å². The number of rotatable bonds is 8. The van der Waals surface area contributed by atoms with Gasteiger partial charge in [0, 0.05) is 25.2 Å². The first-order valence-corrected chi connectivity index (χ1v) is 11.5. The summed E-state index contributed by atoms with van der Waals surface area (Å²) in [5, 5.41) is 2.90. The van der Waals surface area contributed by atoms with Gasteiger partial charge in [0.15, 0.2) is 0 Å². The van der Waals surface area contributed by atoms with Crippen molar-refractivity contribution < 1.29 is 22.7 Å². The van der Waals surface area contributed by atoms with Crippen molar-refractivity contribution in [2.24, 2.45) is 0 Å². The topological polar surface area (TPSA) is 84.9 Å². The zero-order valence-electron chi connectivity index (χ0n) is 17.4. The van der Waals surface area contributed by atoms with E-state index < -0.39 is 10.0 Å². The molecule has 0 saturated carbocycles. The molecule has 0 aliphatic carbocycles. The van der Waals surface area contributed by atoms with Crippen LogP contribution in [0.15, 0.2) is 47.4 Å². The van der Waals surface area contributed by atoms with Crippen LogP contribution in [-0.4, -0.2) is 58.6 Å². The molecule has 8 heteroatoms. The minimum absolute atomic E-state index is 0.133.